The lowest BCUT2D eigenvalue weighted by Gasteiger charge is -2.21. The van der Waals surface area contributed by atoms with Crippen LogP contribution < -0.4 is 5.73 Å². The van der Waals surface area contributed by atoms with E-state index in [9.17, 15) is 18.5 Å². The SMILES string of the molecule is COCCN(C1CC1)S(=O)(=O)c1cccc(N)c1[N+](=O)[O-]. The lowest BCUT2D eigenvalue weighted by molar-refractivity contribution is -0.386. The van der Waals surface area contributed by atoms with Crippen molar-refractivity contribution in [3.63, 3.8) is 0 Å². The summed E-state index contributed by atoms with van der Waals surface area (Å²) in [4.78, 5) is 10.0. The van der Waals surface area contributed by atoms with Crippen LogP contribution in [-0.2, 0) is 14.8 Å². The summed E-state index contributed by atoms with van der Waals surface area (Å²) in [7, 11) is -2.50. The molecule has 0 aliphatic heterocycles. The number of nitrogens with two attached hydrogens (primary N) is 1. The molecule has 21 heavy (non-hydrogen) atoms. The summed E-state index contributed by atoms with van der Waals surface area (Å²) in [6.07, 6.45) is 1.50. The highest BCUT2D eigenvalue weighted by Crippen LogP contribution is 2.36. The molecule has 1 aromatic rings. The minimum Gasteiger partial charge on any atom is -0.393 e. The number of para-hydroxylation sites is 1. The van der Waals surface area contributed by atoms with Gasteiger partial charge in [-0.1, -0.05) is 6.07 Å². The van der Waals surface area contributed by atoms with E-state index >= 15 is 0 Å². The highest BCUT2D eigenvalue weighted by atomic mass is 32.2. The van der Waals surface area contributed by atoms with Gasteiger partial charge in [-0.15, -0.1) is 0 Å². The third-order valence-electron chi connectivity index (χ3n) is 3.27. The number of nitrogens with zero attached hydrogens (tertiary/aromatic N) is 2. The normalized spacial score (nSPS) is 15.3. The quantitative estimate of drug-likeness (QED) is 0.455. The van der Waals surface area contributed by atoms with Crippen molar-refractivity contribution in [2.24, 2.45) is 0 Å². The van der Waals surface area contributed by atoms with Crippen LogP contribution in [0.5, 0.6) is 0 Å². The highest BCUT2D eigenvalue weighted by molar-refractivity contribution is 7.89. The van der Waals surface area contributed by atoms with Crippen LogP contribution in [-0.4, -0.2) is 43.9 Å². The van der Waals surface area contributed by atoms with Crippen LogP contribution in [0.15, 0.2) is 23.1 Å². The number of nitro groups is 1. The lowest BCUT2D eigenvalue weighted by Crippen LogP contribution is -2.36. The van der Waals surface area contributed by atoms with Crippen LogP contribution in [0.2, 0.25) is 0 Å². The Labute approximate surface area is 122 Å². The number of rotatable bonds is 7. The summed E-state index contributed by atoms with van der Waals surface area (Å²) in [6.45, 7) is 0.390. The van der Waals surface area contributed by atoms with Gasteiger partial charge in [-0.3, -0.25) is 10.1 Å². The van der Waals surface area contributed by atoms with E-state index < -0.39 is 20.6 Å². The molecule has 1 aliphatic carbocycles. The molecular formula is C12H17N3O5S. The number of nitrogen functional groups attached to an aromatic ring is 1. The third-order valence-corrected chi connectivity index (χ3v) is 5.25. The first kappa shape index (κ1) is 15.7. The van der Waals surface area contributed by atoms with Crippen LogP contribution in [0.1, 0.15) is 12.8 Å². The van der Waals surface area contributed by atoms with Gasteiger partial charge in [0.05, 0.1) is 11.5 Å². The van der Waals surface area contributed by atoms with Crippen molar-refractivity contribution in [3.8, 4) is 0 Å². The standard InChI is InChI=1S/C12H17N3O5S/c1-20-8-7-14(9-5-6-9)21(18,19)11-4-2-3-10(13)12(11)15(16)17/h2-4,9H,5-8,13H2,1H3. The highest BCUT2D eigenvalue weighted by Gasteiger charge is 2.41. The van der Waals surface area contributed by atoms with Crippen LogP contribution >= 0.6 is 0 Å². The molecule has 1 saturated carbocycles. The molecule has 2 rings (SSSR count). The first-order valence-electron chi connectivity index (χ1n) is 6.43. The molecule has 116 valence electrons. The number of hydrogen-bond donors (Lipinski definition) is 1. The van der Waals surface area contributed by atoms with Crippen LogP contribution in [0.3, 0.4) is 0 Å². The smallest absolute Gasteiger partial charge is 0.312 e. The zero-order valence-electron chi connectivity index (χ0n) is 11.6. The summed E-state index contributed by atoms with van der Waals surface area (Å²) >= 11 is 0. The van der Waals surface area contributed by atoms with Crippen molar-refractivity contribution in [1.29, 1.82) is 0 Å². The van der Waals surface area contributed by atoms with E-state index in [1.807, 2.05) is 0 Å². The fourth-order valence-electron chi connectivity index (χ4n) is 2.11. The summed E-state index contributed by atoms with van der Waals surface area (Å²) in [6, 6.07) is 3.81. The third kappa shape index (κ3) is 3.14. The van der Waals surface area contributed by atoms with Crippen molar-refractivity contribution in [1.82, 2.24) is 4.31 Å². The van der Waals surface area contributed by atoms with Crippen molar-refractivity contribution in [3.05, 3.63) is 28.3 Å². The molecule has 1 aliphatic rings. The summed E-state index contributed by atoms with van der Waals surface area (Å²) in [5.74, 6) is 0. The molecule has 0 atom stereocenters. The maximum absolute atomic E-state index is 12.7. The topological polar surface area (TPSA) is 116 Å². The Morgan fingerprint density at radius 2 is 2.14 bits per heavy atom. The number of nitro benzene ring substituents is 1. The number of benzene rings is 1. The molecule has 1 fully saturated rings. The average Bonchev–Trinajstić information content (AvgIpc) is 3.22. The second-order valence-corrected chi connectivity index (χ2v) is 6.65. The fraction of sp³-hybridized carbons (Fsp3) is 0.500. The number of anilines is 1. The van der Waals surface area contributed by atoms with Crippen molar-refractivity contribution < 1.29 is 18.1 Å². The predicted octanol–water partition coefficient (Wildman–Crippen LogP) is 0.977. The van der Waals surface area contributed by atoms with Crippen LogP contribution in [0.25, 0.3) is 0 Å². The van der Waals surface area contributed by atoms with Crippen LogP contribution in [0.4, 0.5) is 11.4 Å². The Kier molecular flexibility index (Phi) is 4.45. The first-order chi connectivity index (χ1) is 9.89. The van der Waals surface area contributed by atoms with Gasteiger partial charge in [-0.2, -0.15) is 4.31 Å². The van der Waals surface area contributed by atoms with Gasteiger partial charge in [-0.25, -0.2) is 8.42 Å². The second kappa shape index (κ2) is 5.96. The molecule has 0 spiro atoms. The molecular weight excluding hydrogens is 298 g/mol. The molecule has 0 radical (unpaired) electrons. The van der Waals surface area contributed by atoms with E-state index in [1.165, 1.54) is 29.6 Å². The average molecular weight is 315 g/mol. The van der Waals surface area contributed by atoms with Crippen molar-refractivity contribution >= 4 is 21.4 Å². The molecule has 0 heterocycles. The first-order valence-corrected chi connectivity index (χ1v) is 7.87. The summed E-state index contributed by atoms with van der Waals surface area (Å²) < 4.78 is 31.6. The minimum atomic E-state index is -3.98. The predicted molar refractivity (Wildman–Crippen MR) is 76.3 cm³/mol. The lowest BCUT2D eigenvalue weighted by atomic mass is 10.3. The van der Waals surface area contributed by atoms with E-state index in [4.69, 9.17) is 10.5 Å². The van der Waals surface area contributed by atoms with Gasteiger partial charge in [0, 0.05) is 19.7 Å². The van der Waals surface area contributed by atoms with Gasteiger partial charge in [0.1, 0.15) is 5.69 Å². The molecule has 0 unspecified atom stereocenters. The maximum atomic E-state index is 12.7. The van der Waals surface area contributed by atoms with E-state index in [1.54, 1.807) is 0 Å². The Hall–Kier alpha value is -1.71. The Bertz CT molecular complexity index is 642. The van der Waals surface area contributed by atoms with Crippen molar-refractivity contribution in [2.45, 2.75) is 23.8 Å². The molecule has 8 nitrogen and oxygen atoms in total. The number of hydrogen-bond acceptors (Lipinski definition) is 6. The van der Waals surface area contributed by atoms with E-state index in [-0.39, 0.29) is 29.8 Å². The fourth-order valence-corrected chi connectivity index (χ4v) is 3.97. The number of ether oxygens (including phenoxy) is 1. The number of methoxy groups -OCH3 is 1. The molecule has 1 aromatic carbocycles. The Balaban J connectivity index is 2.47. The monoisotopic (exact) mass is 315 g/mol. The van der Waals surface area contributed by atoms with Gasteiger partial charge < -0.3 is 10.5 Å². The summed E-state index contributed by atoms with van der Waals surface area (Å²) in [5.41, 5.74) is 4.83. The Morgan fingerprint density at radius 1 is 1.48 bits per heavy atom. The number of sulfonamides is 1. The largest absolute Gasteiger partial charge is 0.393 e. The van der Waals surface area contributed by atoms with E-state index in [2.05, 4.69) is 0 Å². The zero-order valence-corrected chi connectivity index (χ0v) is 12.4. The molecule has 0 saturated heterocycles. The summed E-state index contributed by atoms with van der Waals surface area (Å²) in [5, 5.41) is 11.1. The molecule has 0 bridgehead atoms. The maximum Gasteiger partial charge on any atom is 0.312 e. The van der Waals surface area contributed by atoms with Gasteiger partial charge in [0.2, 0.25) is 10.0 Å². The zero-order chi connectivity index (χ0) is 15.6. The van der Waals surface area contributed by atoms with Gasteiger partial charge >= 0.3 is 5.69 Å². The Morgan fingerprint density at radius 3 is 2.67 bits per heavy atom. The molecule has 2 N–H and O–H groups in total. The van der Waals surface area contributed by atoms with Crippen LogP contribution in [0, 0.1) is 10.1 Å². The van der Waals surface area contributed by atoms with E-state index in [0.29, 0.717) is 0 Å². The van der Waals surface area contributed by atoms with E-state index in [0.717, 1.165) is 12.8 Å². The van der Waals surface area contributed by atoms with Gasteiger partial charge in [-0.05, 0) is 25.0 Å². The second-order valence-electron chi connectivity index (χ2n) is 4.79. The van der Waals surface area contributed by atoms with Crippen molar-refractivity contribution in [2.75, 3.05) is 26.0 Å². The minimum absolute atomic E-state index is 0.119. The van der Waals surface area contributed by atoms with Gasteiger partial charge in [0.15, 0.2) is 4.90 Å². The van der Waals surface area contributed by atoms with Gasteiger partial charge in [0.25, 0.3) is 0 Å². The molecule has 0 aromatic heterocycles. The molecule has 9 heteroatoms. The molecule has 0 amide bonds.